The summed E-state index contributed by atoms with van der Waals surface area (Å²) < 4.78 is 0. The Morgan fingerprint density at radius 2 is 1.64 bits per heavy atom. The maximum atomic E-state index is 14.2. The van der Waals surface area contributed by atoms with Crippen molar-refractivity contribution in [3.05, 3.63) is 11.6 Å². The largest absolute Gasteiger partial charge is 0.302 e. The molecular weight excluding hydrogens is 408 g/mol. The first-order chi connectivity index (χ1) is 15.3. The van der Waals surface area contributed by atoms with E-state index in [-0.39, 0.29) is 33.9 Å². The second-order valence-electron chi connectivity index (χ2n) is 14.2. The van der Waals surface area contributed by atoms with Crippen molar-refractivity contribution in [2.24, 2.45) is 56.7 Å². The third-order valence-corrected chi connectivity index (χ3v) is 12.6. The Kier molecular flexibility index (Phi) is 4.92. The first-order valence-electron chi connectivity index (χ1n) is 13.5. The van der Waals surface area contributed by atoms with Gasteiger partial charge in [-0.1, -0.05) is 47.1 Å². The molecule has 0 heterocycles. The van der Waals surface area contributed by atoms with Gasteiger partial charge in [-0.15, -0.1) is 0 Å². The van der Waals surface area contributed by atoms with Crippen LogP contribution in [-0.4, -0.2) is 17.9 Å². The van der Waals surface area contributed by atoms with Gasteiger partial charge in [0.2, 0.25) is 0 Å². The molecule has 0 bridgehead atoms. The molecule has 0 radical (unpaired) electrons. The lowest BCUT2D eigenvalue weighted by Gasteiger charge is -2.68. The third kappa shape index (κ3) is 2.66. The molecule has 0 aromatic heterocycles. The quantitative estimate of drug-likeness (QED) is 0.351. The molecule has 5 aliphatic rings. The van der Waals surface area contributed by atoms with Gasteiger partial charge >= 0.3 is 0 Å². The maximum Gasteiger partial charge on any atom is 0.159 e. The number of hydrogen-bond acceptors (Lipinski definition) is 3. The molecule has 9 atom stereocenters. The number of allylic oxidation sites excluding steroid dienone is 2. The fraction of sp³-hybridized carbons (Fsp3) is 0.833. The van der Waals surface area contributed by atoms with Crippen molar-refractivity contribution >= 4 is 17.9 Å². The summed E-state index contributed by atoms with van der Waals surface area (Å²) in [5, 5.41) is 0. The molecule has 5 aliphatic carbocycles. The Morgan fingerprint density at radius 3 is 2.27 bits per heavy atom. The second-order valence-corrected chi connectivity index (χ2v) is 14.2. The molecule has 0 aromatic rings. The van der Waals surface area contributed by atoms with Crippen LogP contribution in [0.1, 0.15) is 99.8 Å². The van der Waals surface area contributed by atoms with Crippen molar-refractivity contribution in [1.29, 1.82) is 0 Å². The van der Waals surface area contributed by atoms with Gasteiger partial charge in [0.25, 0.3) is 0 Å². The highest BCUT2D eigenvalue weighted by atomic mass is 16.1. The number of fused-ring (bicyclic) bond motifs is 7. The van der Waals surface area contributed by atoms with Crippen LogP contribution in [0.2, 0.25) is 0 Å². The van der Waals surface area contributed by atoms with Crippen molar-refractivity contribution in [2.75, 3.05) is 0 Å². The van der Waals surface area contributed by atoms with Gasteiger partial charge in [-0.25, -0.2) is 0 Å². The van der Waals surface area contributed by atoms with Gasteiger partial charge in [-0.2, -0.15) is 0 Å². The summed E-state index contributed by atoms with van der Waals surface area (Å²) in [6.07, 6.45) is 10.9. The SMILES string of the molecule is CC(C)[C@H]1CC[C@]2(C)CC[C@@]3(C)C(=CC(=O)C4[C@@]5(C)CCC(=O)C(C)(C=O)C5CC[C@]43C)C12. The van der Waals surface area contributed by atoms with E-state index in [0.717, 1.165) is 32.0 Å². The smallest absolute Gasteiger partial charge is 0.159 e. The zero-order chi connectivity index (χ0) is 24.2. The van der Waals surface area contributed by atoms with Gasteiger partial charge in [0.05, 0.1) is 5.41 Å². The first kappa shape index (κ1) is 23.5. The summed E-state index contributed by atoms with van der Waals surface area (Å²) in [5.41, 5.74) is 0.433. The highest BCUT2D eigenvalue weighted by Crippen LogP contribution is 2.75. The standard InChI is InChI=1S/C30H44O3/c1-18(2)19-8-11-26(3)14-15-29(6)20(24(19)26)16-21(32)25-27(4)12-10-23(33)28(5,17-31)22(27)9-13-30(25,29)7/h16-19,22,24-25H,8-15H2,1-7H3/t19-,22?,24?,25?,26-,27+,28?,29+,30-/m1/s1. The zero-order valence-corrected chi connectivity index (χ0v) is 21.9. The second kappa shape index (κ2) is 6.91. The average Bonchev–Trinajstić information content (AvgIpc) is 3.10. The van der Waals surface area contributed by atoms with E-state index < -0.39 is 5.41 Å². The summed E-state index contributed by atoms with van der Waals surface area (Å²) in [6, 6.07) is 0. The molecule has 4 saturated carbocycles. The molecule has 4 fully saturated rings. The van der Waals surface area contributed by atoms with Crippen molar-refractivity contribution in [3.8, 4) is 0 Å². The molecule has 0 spiro atoms. The predicted molar refractivity (Wildman–Crippen MR) is 130 cm³/mol. The van der Waals surface area contributed by atoms with E-state index in [1.54, 1.807) is 0 Å². The zero-order valence-electron chi connectivity index (χ0n) is 21.9. The fourth-order valence-corrected chi connectivity index (χ4v) is 10.4. The van der Waals surface area contributed by atoms with Crippen molar-refractivity contribution < 1.29 is 14.4 Å². The number of aldehydes is 1. The Labute approximate surface area is 200 Å². The molecule has 0 amide bonds. The molecular formula is C30H44O3. The summed E-state index contributed by atoms with van der Waals surface area (Å²) in [5.74, 6) is 2.03. The number of hydrogen-bond donors (Lipinski definition) is 0. The summed E-state index contributed by atoms with van der Waals surface area (Å²) >= 11 is 0. The lowest BCUT2D eigenvalue weighted by Crippen LogP contribution is -2.66. The lowest BCUT2D eigenvalue weighted by molar-refractivity contribution is -0.187. The molecule has 182 valence electrons. The van der Waals surface area contributed by atoms with Crippen LogP contribution in [0.25, 0.3) is 0 Å². The van der Waals surface area contributed by atoms with Gasteiger partial charge in [0.1, 0.15) is 12.1 Å². The number of carbonyl (C=O) groups excluding carboxylic acids is 3. The minimum absolute atomic E-state index is 0.0141. The topological polar surface area (TPSA) is 51.2 Å². The Hall–Kier alpha value is -1.25. The predicted octanol–water partition coefficient (Wildman–Crippen LogP) is 6.59. The number of rotatable bonds is 2. The number of Topliss-reactive ketones (excluding diaryl/α,β-unsaturated/α-hetero) is 1. The van der Waals surface area contributed by atoms with Crippen molar-refractivity contribution in [3.63, 3.8) is 0 Å². The number of carbonyl (C=O) groups is 3. The Bertz CT molecular complexity index is 946. The normalized spacial score (nSPS) is 53.6. The molecule has 0 aromatic carbocycles. The molecule has 0 N–H and O–H groups in total. The van der Waals surface area contributed by atoms with Gasteiger partial charge < -0.3 is 4.79 Å². The van der Waals surface area contributed by atoms with E-state index in [1.165, 1.54) is 24.8 Å². The van der Waals surface area contributed by atoms with E-state index >= 15 is 0 Å². The van der Waals surface area contributed by atoms with E-state index in [0.29, 0.717) is 35.4 Å². The third-order valence-electron chi connectivity index (χ3n) is 12.6. The van der Waals surface area contributed by atoms with Crippen LogP contribution in [0, 0.1) is 56.7 Å². The summed E-state index contributed by atoms with van der Waals surface area (Å²) in [7, 11) is 0. The molecule has 0 saturated heterocycles. The van der Waals surface area contributed by atoms with Crippen LogP contribution in [0.3, 0.4) is 0 Å². The maximum absolute atomic E-state index is 14.2. The average molecular weight is 453 g/mol. The molecule has 4 unspecified atom stereocenters. The van der Waals surface area contributed by atoms with Crippen LogP contribution in [0.5, 0.6) is 0 Å². The van der Waals surface area contributed by atoms with Gasteiger partial charge in [-0.3, -0.25) is 9.59 Å². The lowest BCUT2D eigenvalue weighted by atomic mass is 9.34. The highest BCUT2D eigenvalue weighted by Gasteiger charge is 2.71. The van der Waals surface area contributed by atoms with E-state index in [2.05, 4.69) is 47.6 Å². The van der Waals surface area contributed by atoms with Gasteiger partial charge in [0, 0.05) is 12.3 Å². The fourth-order valence-electron chi connectivity index (χ4n) is 10.4. The monoisotopic (exact) mass is 452 g/mol. The molecule has 3 nitrogen and oxygen atoms in total. The first-order valence-corrected chi connectivity index (χ1v) is 13.5. The van der Waals surface area contributed by atoms with E-state index in [1.807, 2.05) is 6.92 Å². The minimum Gasteiger partial charge on any atom is -0.302 e. The molecule has 5 rings (SSSR count). The van der Waals surface area contributed by atoms with Crippen LogP contribution in [0.15, 0.2) is 11.6 Å². The summed E-state index contributed by atoms with van der Waals surface area (Å²) in [4.78, 5) is 39.3. The highest BCUT2D eigenvalue weighted by molar-refractivity contribution is 6.00. The Balaban J connectivity index is 1.66. The van der Waals surface area contributed by atoms with Crippen LogP contribution < -0.4 is 0 Å². The van der Waals surface area contributed by atoms with Crippen molar-refractivity contribution in [2.45, 2.75) is 99.8 Å². The van der Waals surface area contributed by atoms with Gasteiger partial charge in [-0.05, 0) is 103 Å². The van der Waals surface area contributed by atoms with Gasteiger partial charge in [0.15, 0.2) is 5.78 Å². The van der Waals surface area contributed by atoms with E-state index in [9.17, 15) is 14.4 Å². The van der Waals surface area contributed by atoms with Crippen LogP contribution >= 0.6 is 0 Å². The minimum atomic E-state index is -0.946. The van der Waals surface area contributed by atoms with Crippen molar-refractivity contribution in [1.82, 2.24) is 0 Å². The molecule has 33 heavy (non-hydrogen) atoms. The number of ketones is 2. The summed E-state index contributed by atoms with van der Waals surface area (Å²) in [6.45, 7) is 16.2. The Morgan fingerprint density at radius 1 is 0.939 bits per heavy atom. The van der Waals surface area contributed by atoms with Crippen LogP contribution in [0.4, 0.5) is 0 Å². The van der Waals surface area contributed by atoms with Crippen LogP contribution in [-0.2, 0) is 14.4 Å². The molecule has 0 aliphatic heterocycles. The van der Waals surface area contributed by atoms with E-state index in [4.69, 9.17) is 0 Å². The molecule has 3 heteroatoms.